The van der Waals surface area contributed by atoms with Gasteiger partial charge in [0.25, 0.3) is 0 Å². The Morgan fingerprint density at radius 1 is 1.12 bits per heavy atom. The first-order chi connectivity index (χ1) is 11.4. The predicted octanol–water partition coefficient (Wildman–Crippen LogP) is 0.0689. The second kappa shape index (κ2) is 10.4. The van der Waals surface area contributed by atoms with E-state index < -0.39 is 18.0 Å². The van der Waals surface area contributed by atoms with Gasteiger partial charge in [-0.1, -0.05) is 33.1 Å². The number of carbonyl (C=O) groups is 3. The zero-order valence-corrected chi connectivity index (χ0v) is 14.8. The molecule has 7 heteroatoms. The highest BCUT2D eigenvalue weighted by Gasteiger charge is 2.27. The molecule has 24 heavy (non-hydrogen) atoms. The maximum Gasteiger partial charge on any atom is 0.239 e. The van der Waals surface area contributed by atoms with Gasteiger partial charge in [-0.25, -0.2) is 0 Å². The van der Waals surface area contributed by atoms with E-state index in [9.17, 15) is 14.4 Å². The Labute approximate surface area is 144 Å². The van der Waals surface area contributed by atoms with E-state index in [-0.39, 0.29) is 30.1 Å². The monoisotopic (exact) mass is 340 g/mol. The van der Waals surface area contributed by atoms with Gasteiger partial charge >= 0.3 is 0 Å². The lowest BCUT2D eigenvalue weighted by Gasteiger charge is -2.26. The lowest BCUT2D eigenvalue weighted by molar-refractivity contribution is -0.130. The molecule has 0 heterocycles. The van der Waals surface area contributed by atoms with Crippen molar-refractivity contribution in [2.45, 2.75) is 64.5 Å². The van der Waals surface area contributed by atoms with E-state index in [0.29, 0.717) is 13.0 Å². The number of nitrogens with two attached hydrogens (primary N) is 2. The molecule has 2 atom stereocenters. The van der Waals surface area contributed by atoms with Crippen LogP contribution in [0.25, 0.3) is 0 Å². The third kappa shape index (κ3) is 6.57. The maximum atomic E-state index is 12.1. The third-order valence-electron chi connectivity index (χ3n) is 4.59. The van der Waals surface area contributed by atoms with E-state index in [1.165, 1.54) is 6.42 Å². The fourth-order valence-electron chi connectivity index (χ4n) is 3.09. The zero-order chi connectivity index (χ0) is 18.1. The number of nitrogens with one attached hydrogen (secondary N) is 2. The highest BCUT2D eigenvalue weighted by molar-refractivity contribution is 5.92. The molecule has 0 spiro atoms. The minimum absolute atomic E-state index is 0.0565. The molecule has 1 saturated carbocycles. The summed E-state index contributed by atoms with van der Waals surface area (Å²) < 4.78 is 0. The molecule has 1 aliphatic rings. The highest BCUT2D eigenvalue weighted by atomic mass is 16.2. The van der Waals surface area contributed by atoms with Crippen molar-refractivity contribution >= 4 is 17.6 Å². The van der Waals surface area contributed by atoms with Gasteiger partial charge in [-0.2, -0.15) is 0 Å². The van der Waals surface area contributed by atoms with Crippen molar-refractivity contribution in [2.75, 3.05) is 13.1 Å². The van der Waals surface area contributed by atoms with Crippen LogP contribution in [0.15, 0.2) is 0 Å². The van der Waals surface area contributed by atoms with Crippen LogP contribution in [0, 0.1) is 11.8 Å². The molecule has 0 aliphatic heterocycles. The van der Waals surface area contributed by atoms with Gasteiger partial charge in [0.15, 0.2) is 5.78 Å². The molecule has 6 N–H and O–H groups in total. The Morgan fingerprint density at radius 3 is 2.29 bits per heavy atom. The summed E-state index contributed by atoms with van der Waals surface area (Å²) in [5.74, 6) is -0.751. The van der Waals surface area contributed by atoms with E-state index in [1.807, 2.05) is 0 Å². The van der Waals surface area contributed by atoms with Crippen LogP contribution in [0.4, 0.5) is 0 Å². The van der Waals surface area contributed by atoms with Crippen LogP contribution in [0.2, 0.25) is 0 Å². The fourth-order valence-corrected chi connectivity index (χ4v) is 3.09. The molecular weight excluding hydrogens is 308 g/mol. The van der Waals surface area contributed by atoms with Crippen LogP contribution >= 0.6 is 0 Å². The molecule has 2 unspecified atom stereocenters. The highest BCUT2D eigenvalue weighted by Crippen LogP contribution is 2.25. The van der Waals surface area contributed by atoms with Crippen molar-refractivity contribution in [1.29, 1.82) is 0 Å². The Hall–Kier alpha value is -1.47. The number of ketones is 1. The van der Waals surface area contributed by atoms with Gasteiger partial charge in [0.2, 0.25) is 11.8 Å². The van der Waals surface area contributed by atoms with Crippen molar-refractivity contribution in [3.8, 4) is 0 Å². The lowest BCUT2D eigenvalue weighted by Crippen LogP contribution is -2.51. The van der Waals surface area contributed by atoms with Gasteiger partial charge < -0.3 is 22.1 Å². The molecule has 0 aromatic carbocycles. The van der Waals surface area contributed by atoms with E-state index >= 15 is 0 Å². The van der Waals surface area contributed by atoms with Crippen LogP contribution in [0.5, 0.6) is 0 Å². The normalized spacial score (nSPS) is 18.0. The van der Waals surface area contributed by atoms with Crippen LogP contribution in [0.3, 0.4) is 0 Å². The lowest BCUT2D eigenvalue weighted by atomic mass is 9.84. The molecule has 138 valence electrons. The summed E-state index contributed by atoms with van der Waals surface area (Å²) in [6.45, 7) is 3.69. The van der Waals surface area contributed by atoms with Crippen LogP contribution in [0.1, 0.15) is 52.4 Å². The molecule has 1 rings (SSSR count). The molecule has 0 aromatic heterocycles. The Balaban J connectivity index is 2.42. The maximum absolute atomic E-state index is 12.1. The van der Waals surface area contributed by atoms with Gasteiger partial charge in [-0.3, -0.25) is 14.4 Å². The van der Waals surface area contributed by atoms with Crippen molar-refractivity contribution in [1.82, 2.24) is 10.6 Å². The van der Waals surface area contributed by atoms with Gasteiger partial charge in [-0.15, -0.1) is 0 Å². The molecular formula is C17H32N4O3. The first-order valence-corrected chi connectivity index (χ1v) is 8.93. The molecule has 0 saturated heterocycles. The summed E-state index contributed by atoms with van der Waals surface area (Å²) >= 11 is 0. The quantitative estimate of drug-likeness (QED) is 0.472. The number of amides is 2. The summed E-state index contributed by atoms with van der Waals surface area (Å²) in [6, 6.07) is -1.18. The van der Waals surface area contributed by atoms with E-state index in [1.54, 1.807) is 13.8 Å². The summed E-state index contributed by atoms with van der Waals surface area (Å²) in [5, 5.41) is 5.23. The second-order valence-corrected chi connectivity index (χ2v) is 6.90. The number of hydrogen-bond acceptors (Lipinski definition) is 5. The van der Waals surface area contributed by atoms with Gasteiger partial charge in [0, 0.05) is 5.92 Å². The standard InChI is InChI=1S/C17H32N4O3/c1-11(2)16(23)13(8-9-18)21-14(22)10-20-17(24)15(19)12-6-4-3-5-7-12/h11-13,15H,3-10,18-19H2,1-2H3,(H,20,24)(H,21,22). The van der Waals surface area contributed by atoms with E-state index in [2.05, 4.69) is 10.6 Å². The smallest absolute Gasteiger partial charge is 0.239 e. The molecule has 0 radical (unpaired) electrons. The average molecular weight is 340 g/mol. The summed E-state index contributed by atoms with van der Waals surface area (Å²) in [4.78, 5) is 36.1. The van der Waals surface area contributed by atoms with Gasteiger partial charge in [-0.05, 0) is 31.7 Å². The molecule has 0 aromatic rings. The summed E-state index contributed by atoms with van der Waals surface area (Å²) in [7, 11) is 0. The van der Waals surface area contributed by atoms with E-state index in [4.69, 9.17) is 11.5 Å². The first-order valence-electron chi connectivity index (χ1n) is 8.93. The Morgan fingerprint density at radius 2 is 1.75 bits per heavy atom. The molecule has 1 aliphatic carbocycles. The SMILES string of the molecule is CC(C)C(=O)C(CCN)NC(=O)CNC(=O)C(N)C1CCCCC1. The Bertz CT molecular complexity index is 434. The van der Waals surface area contributed by atoms with Gasteiger partial charge in [0.1, 0.15) is 0 Å². The van der Waals surface area contributed by atoms with Crippen molar-refractivity contribution in [3.63, 3.8) is 0 Å². The molecule has 2 amide bonds. The number of carbonyl (C=O) groups excluding carboxylic acids is 3. The molecule has 0 bridgehead atoms. The minimum atomic E-state index is -0.605. The summed E-state index contributed by atoms with van der Waals surface area (Å²) in [5.41, 5.74) is 11.5. The molecule has 7 nitrogen and oxygen atoms in total. The second-order valence-electron chi connectivity index (χ2n) is 6.90. The largest absolute Gasteiger partial charge is 0.346 e. The average Bonchev–Trinajstić information content (AvgIpc) is 2.58. The first kappa shape index (κ1) is 20.6. The zero-order valence-electron chi connectivity index (χ0n) is 14.8. The topological polar surface area (TPSA) is 127 Å². The van der Waals surface area contributed by atoms with Crippen LogP contribution in [-0.4, -0.2) is 42.8 Å². The fraction of sp³-hybridized carbons (Fsp3) is 0.824. The number of Topliss-reactive ketones (excluding diaryl/α,β-unsaturated/α-hetero) is 1. The number of rotatable bonds is 9. The van der Waals surface area contributed by atoms with Crippen LogP contribution < -0.4 is 22.1 Å². The Kier molecular flexibility index (Phi) is 8.92. The summed E-state index contributed by atoms with van der Waals surface area (Å²) in [6.07, 6.45) is 5.71. The predicted molar refractivity (Wildman–Crippen MR) is 93.0 cm³/mol. The van der Waals surface area contributed by atoms with Crippen molar-refractivity contribution in [3.05, 3.63) is 0 Å². The number of hydrogen-bond donors (Lipinski definition) is 4. The van der Waals surface area contributed by atoms with Crippen LogP contribution in [-0.2, 0) is 14.4 Å². The van der Waals surface area contributed by atoms with Crippen molar-refractivity contribution in [2.24, 2.45) is 23.3 Å². The molecule has 1 fully saturated rings. The minimum Gasteiger partial charge on any atom is -0.346 e. The van der Waals surface area contributed by atoms with Gasteiger partial charge in [0.05, 0.1) is 18.6 Å². The van der Waals surface area contributed by atoms with Crippen molar-refractivity contribution < 1.29 is 14.4 Å². The van der Waals surface area contributed by atoms with E-state index in [0.717, 1.165) is 25.7 Å². The third-order valence-corrected chi connectivity index (χ3v) is 4.59.